The first-order chi connectivity index (χ1) is 15.4. The normalized spacial score (nSPS) is 24.4. The largest absolute Gasteiger partial charge is 0.381 e. The van der Waals surface area contributed by atoms with Crippen LogP contribution in [-0.2, 0) is 9.59 Å². The van der Waals surface area contributed by atoms with Crippen LogP contribution in [0.15, 0.2) is 35.5 Å². The molecule has 1 fully saturated rings. The SMILES string of the molecule is CCN(CC)CCN1CCCCC2NC(/C=C3\C(=O)Nc4ccc(F)cc43)=C(C)C2C1=O. The van der Waals surface area contributed by atoms with Crippen LogP contribution in [0.2, 0.25) is 0 Å². The van der Waals surface area contributed by atoms with Gasteiger partial charge in [0, 0.05) is 42.6 Å². The lowest BCUT2D eigenvalue weighted by Gasteiger charge is -2.33. The van der Waals surface area contributed by atoms with Gasteiger partial charge in [-0.15, -0.1) is 0 Å². The van der Waals surface area contributed by atoms with E-state index in [1.165, 1.54) is 12.1 Å². The van der Waals surface area contributed by atoms with Gasteiger partial charge in [0.25, 0.3) is 5.91 Å². The molecule has 0 aromatic heterocycles. The number of benzene rings is 1. The number of fused-ring (bicyclic) bond motifs is 2. The number of likely N-dealkylation sites (tertiary alicyclic amines) is 1. The van der Waals surface area contributed by atoms with Gasteiger partial charge in [0.15, 0.2) is 0 Å². The summed E-state index contributed by atoms with van der Waals surface area (Å²) in [6.45, 7) is 10.6. The minimum Gasteiger partial charge on any atom is -0.381 e. The molecular weight excluding hydrogens is 407 g/mol. The number of halogens is 1. The summed E-state index contributed by atoms with van der Waals surface area (Å²) in [5.41, 5.74) is 3.37. The number of allylic oxidation sites excluding steroid dienone is 1. The number of rotatable bonds is 6. The highest BCUT2D eigenvalue weighted by Gasteiger charge is 2.40. The lowest BCUT2D eigenvalue weighted by Crippen LogP contribution is -2.47. The summed E-state index contributed by atoms with van der Waals surface area (Å²) in [5, 5.41) is 6.31. The molecule has 1 aromatic carbocycles. The van der Waals surface area contributed by atoms with Crippen molar-refractivity contribution in [2.24, 2.45) is 5.92 Å². The molecule has 1 saturated heterocycles. The summed E-state index contributed by atoms with van der Waals surface area (Å²) in [4.78, 5) is 30.5. The topological polar surface area (TPSA) is 64.7 Å². The molecule has 2 atom stereocenters. The van der Waals surface area contributed by atoms with Gasteiger partial charge in [-0.25, -0.2) is 4.39 Å². The van der Waals surface area contributed by atoms with Crippen molar-refractivity contribution in [1.29, 1.82) is 0 Å². The molecule has 1 aromatic rings. The summed E-state index contributed by atoms with van der Waals surface area (Å²) >= 11 is 0. The quantitative estimate of drug-likeness (QED) is 0.666. The molecule has 0 aliphatic carbocycles. The van der Waals surface area contributed by atoms with Gasteiger partial charge in [0.05, 0.1) is 11.5 Å². The van der Waals surface area contributed by atoms with E-state index in [4.69, 9.17) is 0 Å². The van der Waals surface area contributed by atoms with E-state index >= 15 is 0 Å². The molecule has 3 aliphatic rings. The predicted molar refractivity (Wildman–Crippen MR) is 124 cm³/mol. The average Bonchev–Trinajstić information content (AvgIpc) is 3.24. The van der Waals surface area contributed by atoms with Crippen LogP contribution in [0.4, 0.5) is 10.1 Å². The second-order valence-corrected chi connectivity index (χ2v) is 8.88. The van der Waals surface area contributed by atoms with Gasteiger partial charge >= 0.3 is 0 Å². The van der Waals surface area contributed by atoms with Gasteiger partial charge in [-0.3, -0.25) is 9.59 Å². The van der Waals surface area contributed by atoms with Crippen molar-refractivity contribution in [3.8, 4) is 0 Å². The van der Waals surface area contributed by atoms with Crippen LogP contribution in [0.3, 0.4) is 0 Å². The van der Waals surface area contributed by atoms with Gasteiger partial charge in [-0.2, -0.15) is 0 Å². The maximum Gasteiger partial charge on any atom is 0.256 e. The number of amides is 2. The molecule has 0 spiro atoms. The molecule has 2 unspecified atom stereocenters. The number of nitrogens with zero attached hydrogens (tertiary/aromatic N) is 2. The molecular formula is C25H33FN4O2. The van der Waals surface area contributed by atoms with E-state index < -0.39 is 0 Å². The highest BCUT2D eigenvalue weighted by molar-refractivity contribution is 6.31. The third-order valence-electron chi connectivity index (χ3n) is 7.04. The maximum atomic E-state index is 13.8. The van der Waals surface area contributed by atoms with Crippen LogP contribution >= 0.6 is 0 Å². The van der Waals surface area contributed by atoms with E-state index in [2.05, 4.69) is 29.4 Å². The minimum atomic E-state index is -0.378. The fraction of sp³-hybridized carbons (Fsp3) is 0.520. The van der Waals surface area contributed by atoms with Gasteiger partial charge < -0.3 is 20.4 Å². The Balaban J connectivity index is 1.60. The van der Waals surface area contributed by atoms with Gasteiger partial charge in [0.1, 0.15) is 5.82 Å². The summed E-state index contributed by atoms with van der Waals surface area (Å²) in [6, 6.07) is 4.33. The van der Waals surface area contributed by atoms with Crippen molar-refractivity contribution in [1.82, 2.24) is 15.1 Å². The first-order valence-electron chi connectivity index (χ1n) is 11.7. The minimum absolute atomic E-state index is 0.0297. The zero-order chi connectivity index (χ0) is 22.8. The standard InChI is InChI=1S/C25H33FN4O2/c1-4-29(5-2)12-13-30-11-7-6-8-21-23(25(30)32)16(3)22(27-21)15-19-18-14-17(26)9-10-20(18)28-24(19)31/h9-10,14-15,21,23,27H,4-8,11-13H2,1-3H3,(H,28,31)/b19-15-. The molecule has 3 aliphatic heterocycles. The Labute approximate surface area is 189 Å². The van der Waals surface area contributed by atoms with Crippen molar-refractivity contribution < 1.29 is 14.0 Å². The van der Waals surface area contributed by atoms with Gasteiger partial charge in [-0.1, -0.05) is 13.8 Å². The van der Waals surface area contributed by atoms with Crippen LogP contribution in [0.1, 0.15) is 45.6 Å². The molecule has 32 heavy (non-hydrogen) atoms. The molecule has 3 heterocycles. The molecule has 0 bridgehead atoms. The van der Waals surface area contributed by atoms with E-state index in [-0.39, 0.29) is 29.6 Å². The zero-order valence-corrected chi connectivity index (χ0v) is 19.2. The summed E-state index contributed by atoms with van der Waals surface area (Å²) in [5.74, 6) is -0.682. The zero-order valence-electron chi connectivity index (χ0n) is 19.2. The van der Waals surface area contributed by atoms with Crippen LogP contribution in [-0.4, -0.2) is 60.4 Å². The van der Waals surface area contributed by atoms with Crippen LogP contribution in [0.5, 0.6) is 0 Å². The third kappa shape index (κ3) is 4.31. The fourth-order valence-corrected chi connectivity index (χ4v) is 5.06. The molecule has 2 amide bonds. The number of hydrogen-bond donors (Lipinski definition) is 2. The lowest BCUT2D eigenvalue weighted by atomic mass is 9.88. The Bertz CT molecular complexity index is 967. The molecule has 7 heteroatoms. The van der Waals surface area contributed by atoms with E-state index in [0.29, 0.717) is 16.8 Å². The molecule has 2 N–H and O–H groups in total. The second-order valence-electron chi connectivity index (χ2n) is 8.88. The van der Waals surface area contributed by atoms with Crippen LogP contribution in [0.25, 0.3) is 5.57 Å². The van der Waals surface area contributed by atoms with Crippen molar-refractivity contribution in [3.63, 3.8) is 0 Å². The number of hydrogen-bond acceptors (Lipinski definition) is 4. The Hall–Kier alpha value is -2.67. The average molecular weight is 441 g/mol. The number of carbonyl (C=O) groups excluding carboxylic acids is 2. The molecule has 4 rings (SSSR count). The Morgan fingerprint density at radius 1 is 1.22 bits per heavy atom. The maximum absolute atomic E-state index is 13.8. The lowest BCUT2D eigenvalue weighted by molar-refractivity contribution is -0.135. The molecule has 0 saturated carbocycles. The van der Waals surface area contributed by atoms with Gasteiger partial charge in [0.2, 0.25) is 5.91 Å². The fourth-order valence-electron chi connectivity index (χ4n) is 5.06. The smallest absolute Gasteiger partial charge is 0.256 e. The highest BCUT2D eigenvalue weighted by atomic mass is 19.1. The van der Waals surface area contributed by atoms with Crippen molar-refractivity contribution in [2.75, 3.05) is 38.0 Å². The van der Waals surface area contributed by atoms with E-state index in [9.17, 15) is 14.0 Å². The Morgan fingerprint density at radius 2 is 2.00 bits per heavy atom. The number of carbonyl (C=O) groups is 2. The third-order valence-corrected chi connectivity index (χ3v) is 7.04. The first-order valence-corrected chi connectivity index (χ1v) is 11.7. The summed E-state index contributed by atoms with van der Waals surface area (Å²) < 4.78 is 13.8. The molecule has 172 valence electrons. The molecule has 0 radical (unpaired) electrons. The van der Waals surface area contributed by atoms with Crippen molar-refractivity contribution in [3.05, 3.63) is 46.9 Å². The van der Waals surface area contributed by atoms with Crippen molar-refractivity contribution >= 4 is 23.1 Å². The van der Waals surface area contributed by atoms with Crippen LogP contribution < -0.4 is 10.6 Å². The first kappa shape index (κ1) is 22.5. The number of anilines is 1. The summed E-state index contributed by atoms with van der Waals surface area (Å²) in [6.07, 6.45) is 4.75. The highest BCUT2D eigenvalue weighted by Crippen LogP contribution is 2.37. The monoisotopic (exact) mass is 440 g/mol. The number of nitrogens with one attached hydrogen (secondary N) is 2. The molecule has 6 nitrogen and oxygen atoms in total. The number of likely N-dealkylation sites (N-methyl/N-ethyl adjacent to an activating group) is 1. The van der Waals surface area contributed by atoms with Crippen LogP contribution in [0, 0.1) is 11.7 Å². The van der Waals surface area contributed by atoms with E-state index in [1.54, 1.807) is 12.1 Å². The predicted octanol–water partition coefficient (Wildman–Crippen LogP) is 3.38. The van der Waals surface area contributed by atoms with E-state index in [0.717, 1.165) is 63.3 Å². The second kappa shape index (κ2) is 9.45. The van der Waals surface area contributed by atoms with E-state index in [1.807, 2.05) is 11.8 Å². The summed E-state index contributed by atoms with van der Waals surface area (Å²) in [7, 11) is 0. The Morgan fingerprint density at radius 3 is 2.75 bits per heavy atom. The van der Waals surface area contributed by atoms with Gasteiger partial charge in [-0.05, 0) is 69.1 Å². The van der Waals surface area contributed by atoms with Crippen molar-refractivity contribution in [2.45, 2.75) is 46.1 Å². The Kier molecular flexibility index (Phi) is 6.65.